The Labute approximate surface area is 121 Å². The van der Waals surface area contributed by atoms with Crippen LogP contribution in [-0.4, -0.2) is 11.3 Å². The van der Waals surface area contributed by atoms with E-state index in [2.05, 4.69) is 41.4 Å². The normalized spacial score (nSPS) is 10.4. The highest BCUT2D eigenvalue weighted by molar-refractivity contribution is 7.13. The van der Waals surface area contributed by atoms with Gasteiger partial charge in [0.1, 0.15) is 0 Å². The second kappa shape index (κ2) is 5.39. The first-order valence-corrected chi connectivity index (χ1v) is 7.18. The number of nitrogens with zero attached hydrogens (tertiary/aromatic N) is 1. The quantitative estimate of drug-likeness (QED) is 0.656. The molecule has 3 aromatic rings. The first-order valence-electron chi connectivity index (χ1n) is 6.36. The number of carbonyl (C=O) groups is 1. The number of hydrogen-bond acceptors (Lipinski definition) is 3. The van der Waals surface area contributed by atoms with Crippen molar-refractivity contribution < 1.29 is 4.79 Å². The standard InChI is InChI=1S/C17H13NOS/c1-12-17(18-16(11-19)20-12)15-9-7-14(8-10-15)13-5-3-2-4-6-13/h2-11H,1H3. The minimum atomic E-state index is 0.532. The third kappa shape index (κ3) is 2.40. The van der Waals surface area contributed by atoms with Gasteiger partial charge in [0.2, 0.25) is 0 Å². The van der Waals surface area contributed by atoms with Gasteiger partial charge in [0.25, 0.3) is 0 Å². The molecule has 2 aromatic carbocycles. The molecule has 1 aromatic heterocycles. The van der Waals surface area contributed by atoms with Crippen LogP contribution in [0.15, 0.2) is 54.6 Å². The van der Waals surface area contributed by atoms with Crippen molar-refractivity contribution in [2.45, 2.75) is 6.92 Å². The van der Waals surface area contributed by atoms with Crippen LogP contribution in [-0.2, 0) is 0 Å². The molecule has 0 N–H and O–H groups in total. The molecule has 0 saturated carbocycles. The van der Waals surface area contributed by atoms with Gasteiger partial charge in [-0.25, -0.2) is 4.98 Å². The monoisotopic (exact) mass is 279 g/mol. The van der Waals surface area contributed by atoms with Crippen molar-refractivity contribution in [3.8, 4) is 22.4 Å². The largest absolute Gasteiger partial charge is 0.295 e. The predicted molar refractivity (Wildman–Crippen MR) is 83.1 cm³/mol. The van der Waals surface area contributed by atoms with E-state index in [-0.39, 0.29) is 0 Å². The predicted octanol–water partition coefficient (Wildman–Crippen LogP) is 4.60. The lowest BCUT2D eigenvalue weighted by Crippen LogP contribution is -1.83. The summed E-state index contributed by atoms with van der Waals surface area (Å²) in [6.07, 6.45) is 0.805. The number of aldehydes is 1. The Bertz CT molecular complexity index is 729. The molecule has 0 radical (unpaired) electrons. The topological polar surface area (TPSA) is 30.0 Å². The lowest BCUT2D eigenvalue weighted by molar-refractivity contribution is 0.112. The van der Waals surface area contributed by atoms with Crippen LogP contribution < -0.4 is 0 Å². The van der Waals surface area contributed by atoms with Gasteiger partial charge < -0.3 is 0 Å². The zero-order valence-electron chi connectivity index (χ0n) is 11.0. The van der Waals surface area contributed by atoms with Crippen molar-refractivity contribution >= 4 is 17.6 Å². The summed E-state index contributed by atoms with van der Waals surface area (Å²) >= 11 is 1.43. The number of thiazole rings is 1. The van der Waals surface area contributed by atoms with E-state index in [1.54, 1.807) is 0 Å². The van der Waals surface area contributed by atoms with E-state index < -0.39 is 0 Å². The molecule has 3 rings (SSSR count). The van der Waals surface area contributed by atoms with Crippen LogP contribution in [0.1, 0.15) is 14.7 Å². The third-order valence-corrected chi connectivity index (χ3v) is 4.08. The molecule has 1 heterocycles. The summed E-state index contributed by atoms with van der Waals surface area (Å²) in [5.41, 5.74) is 4.32. The van der Waals surface area contributed by atoms with E-state index in [0.29, 0.717) is 5.01 Å². The Morgan fingerprint density at radius 1 is 0.900 bits per heavy atom. The number of hydrogen-bond donors (Lipinski definition) is 0. The first-order chi connectivity index (χ1) is 9.78. The van der Waals surface area contributed by atoms with E-state index in [1.165, 1.54) is 22.5 Å². The zero-order valence-corrected chi connectivity index (χ0v) is 11.9. The highest BCUT2D eigenvalue weighted by Crippen LogP contribution is 2.29. The van der Waals surface area contributed by atoms with Crippen LogP contribution in [0.25, 0.3) is 22.4 Å². The number of carbonyl (C=O) groups excluding carboxylic acids is 1. The Kier molecular flexibility index (Phi) is 3.44. The molecule has 0 aliphatic carbocycles. The lowest BCUT2D eigenvalue weighted by Gasteiger charge is -2.03. The molecule has 98 valence electrons. The highest BCUT2D eigenvalue weighted by atomic mass is 32.1. The van der Waals surface area contributed by atoms with Crippen LogP contribution in [0.5, 0.6) is 0 Å². The van der Waals surface area contributed by atoms with Crippen molar-refractivity contribution in [3.05, 3.63) is 64.5 Å². The summed E-state index contributed by atoms with van der Waals surface area (Å²) in [6, 6.07) is 18.5. The van der Waals surface area contributed by atoms with Gasteiger partial charge in [-0.05, 0) is 18.1 Å². The van der Waals surface area contributed by atoms with Crippen molar-refractivity contribution in [2.75, 3.05) is 0 Å². The summed E-state index contributed by atoms with van der Waals surface area (Å²) in [6.45, 7) is 1.99. The fourth-order valence-corrected chi connectivity index (χ4v) is 2.95. The molecule has 2 nitrogen and oxygen atoms in total. The van der Waals surface area contributed by atoms with E-state index >= 15 is 0 Å². The maximum absolute atomic E-state index is 10.8. The summed E-state index contributed by atoms with van der Waals surface area (Å²) < 4.78 is 0. The molecule has 0 saturated heterocycles. The number of rotatable bonds is 3. The van der Waals surface area contributed by atoms with Crippen LogP contribution in [0.2, 0.25) is 0 Å². The van der Waals surface area contributed by atoms with Crippen molar-refractivity contribution in [1.82, 2.24) is 4.98 Å². The molecule has 0 aliphatic heterocycles. The van der Waals surface area contributed by atoms with Gasteiger partial charge in [0.15, 0.2) is 11.3 Å². The van der Waals surface area contributed by atoms with Gasteiger partial charge >= 0.3 is 0 Å². The smallest absolute Gasteiger partial charge is 0.178 e. The van der Waals surface area contributed by atoms with Crippen molar-refractivity contribution in [1.29, 1.82) is 0 Å². The fourth-order valence-electron chi connectivity index (χ4n) is 2.19. The van der Waals surface area contributed by atoms with E-state index in [4.69, 9.17) is 0 Å². The average molecular weight is 279 g/mol. The Hall–Kier alpha value is -2.26. The second-order valence-corrected chi connectivity index (χ2v) is 5.75. The zero-order chi connectivity index (χ0) is 13.9. The molecular formula is C17H13NOS. The van der Waals surface area contributed by atoms with Crippen LogP contribution >= 0.6 is 11.3 Å². The third-order valence-electron chi connectivity index (χ3n) is 3.18. The van der Waals surface area contributed by atoms with E-state index in [0.717, 1.165) is 22.4 Å². The van der Waals surface area contributed by atoms with Crippen molar-refractivity contribution in [2.24, 2.45) is 0 Å². The molecule has 0 bridgehead atoms. The minimum absolute atomic E-state index is 0.532. The SMILES string of the molecule is Cc1sc(C=O)nc1-c1ccc(-c2ccccc2)cc1. The van der Waals surface area contributed by atoms with Gasteiger partial charge in [-0.15, -0.1) is 11.3 Å². The molecular weight excluding hydrogens is 266 g/mol. The van der Waals surface area contributed by atoms with Crippen LogP contribution in [0.3, 0.4) is 0 Å². The van der Waals surface area contributed by atoms with Crippen molar-refractivity contribution in [3.63, 3.8) is 0 Å². The summed E-state index contributed by atoms with van der Waals surface area (Å²) in [7, 11) is 0. The Morgan fingerprint density at radius 2 is 1.50 bits per heavy atom. The number of aryl methyl sites for hydroxylation is 1. The molecule has 0 unspecified atom stereocenters. The van der Waals surface area contributed by atoms with Gasteiger partial charge in [-0.2, -0.15) is 0 Å². The first kappa shape index (κ1) is 12.8. The maximum Gasteiger partial charge on any atom is 0.178 e. The Morgan fingerprint density at radius 3 is 2.10 bits per heavy atom. The van der Waals surface area contributed by atoms with E-state index in [9.17, 15) is 4.79 Å². The van der Waals surface area contributed by atoms with E-state index in [1.807, 2.05) is 25.1 Å². The molecule has 0 amide bonds. The minimum Gasteiger partial charge on any atom is -0.295 e. The number of benzene rings is 2. The molecule has 20 heavy (non-hydrogen) atoms. The van der Waals surface area contributed by atoms with Crippen LogP contribution in [0, 0.1) is 6.92 Å². The molecule has 0 fully saturated rings. The van der Waals surface area contributed by atoms with Gasteiger partial charge in [0.05, 0.1) is 5.69 Å². The molecule has 0 spiro atoms. The molecule has 0 aliphatic rings. The highest BCUT2D eigenvalue weighted by Gasteiger charge is 2.09. The Balaban J connectivity index is 1.97. The average Bonchev–Trinajstić information content (AvgIpc) is 2.89. The van der Waals surface area contributed by atoms with Crippen LogP contribution in [0.4, 0.5) is 0 Å². The fraction of sp³-hybridized carbons (Fsp3) is 0.0588. The number of aromatic nitrogens is 1. The van der Waals surface area contributed by atoms with Gasteiger partial charge in [-0.1, -0.05) is 54.6 Å². The van der Waals surface area contributed by atoms with Gasteiger partial charge in [0, 0.05) is 10.4 Å². The van der Waals surface area contributed by atoms with Gasteiger partial charge in [-0.3, -0.25) is 4.79 Å². The maximum atomic E-state index is 10.8. The summed E-state index contributed by atoms with van der Waals surface area (Å²) in [4.78, 5) is 16.2. The molecule has 0 atom stereocenters. The summed E-state index contributed by atoms with van der Waals surface area (Å²) in [5.74, 6) is 0. The molecule has 3 heteroatoms. The lowest BCUT2D eigenvalue weighted by atomic mass is 10.0. The summed E-state index contributed by atoms with van der Waals surface area (Å²) in [5, 5.41) is 0.532. The second-order valence-electron chi connectivity index (χ2n) is 4.52.